The molecule has 0 aliphatic carbocycles. The number of aromatic amines is 1. The second-order valence-electron chi connectivity index (χ2n) is 12.4. The Hall–Kier alpha value is -5.73. The van der Waals surface area contributed by atoms with E-state index in [2.05, 4.69) is 52.4 Å². The van der Waals surface area contributed by atoms with Crippen LogP contribution < -0.4 is 20.1 Å². The lowest BCUT2D eigenvalue weighted by atomic mass is 10.0. The number of methoxy groups -OCH3 is 1. The highest BCUT2D eigenvalue weighted by Crippen LogP contribution is 2.26. The topological polar surface area (TPSA) is 131 Å². The molecule has 2 aromatic carbocycles. The standard InChI is InChI=1S/C20H19ClN2O2S.C20H19F3N4O2/c1-13(18-10-19(25-2)17(21)11-22-18)23-20(24)9-14-3-5-15(6-4-14)16-7-8-26-12-16;1-13(17-7-6-16(11-24-17)29-12-20(21,22)23)26-19(28)10-14-2-4-15(5-3-14)18-8-9-25-27-18/h3-8,10-13H,9H2,1-2H3,(H,23,24);2-9,11,13H,10,12H2,1H3,(H,25,27)(H,26,28)/t2*13-/m11/s1. The first-order chi connectivity index (χ1) is 26.4. The molecule has 4 heterocycles. The lowest BCUT2D eigenvalue weighted by Crippen LogP contribution is -2.28. The summed E-state index contributed by atoms with van der Waals surface area (Å²) in [5, 5.41) is 17.2. The number of carbonyl (C=O) groups is 2. The Bertz CT molecular complexity index is 2110. The molecule has 15 heteroatoms. The van der Waals surface area contributed by atoms with E-state index in [1.165, 1.54) is 30.1 Å². The third-order valence-electron chi connectivity index (χ3n) is 8.17. The molecule has 0 saturated heterocycles. The fraction of sp³-hybridized carbons (Fsp3) is 0.225. The first kappa shape index (κ1) is 40.5. The molecule has 0 fully saturated rings. The van der Waals surface area contributed by atoms with Crippen molar-refractivity contribution in [2.24, 2.45) is 0 Å². The largest absolute Gasteiger partial charge is 0.495 e. The van der Waals surface area contributed by atoms with E-state index < -0.39 is 18.8 Å². The van der Waals surface area contributed by atoms with Crippen molar-refractivity contribution in [2.75, 3.05) is 13.7 Å². The van der Waals surface area contributed by atoms with Gasteiger partial charge in [0.25, 0.3) is 0 Å². The van der Waals surface area contributed by atoms with Crippen LogP contribution in [0.3, 0.4) is 0 Å². The van der Waals surface area contributed by atoms with E-state index >= 15 is 0 Å². The van der Waals surface area contributed by atoms with Gasteiger partial charge in [0.2, 0.25) is 11.8 Å². The lowest BCUT2D eigenvalue weighted by Gasteiger charge is -2.15. The highest BCUT2D eigenvalue weighted by molar-refractivity contribution is 7.08. The van der Waals surface area contributed by atoms with Crippen LogP contribution >= 0.6 is 22.9 Å². The molecule has 0 saturated carbocycles. The molecule has 55 heavy (non-hydrogen) atoms. The maximum atomic E-state index is 12.3. The number of ether oxygens (including phenoxy) is 2. The quantitative estimate of drug-likeness (QED) is 0.107. The molecule has 286 valence electrons. The molecular formula is C40H38ClF3N6O4S. The van der Waals surface area contributed by atoms with Gasteiger partial charge in [-0.25, -0.2) is 0 Å². The van der Waals surface area contributed by atoms with Crippen molar-refractivity contribution in [3.63, 3.8) is 0 Å². The van der Waals surface area contributed by atoms with Gasteiger partial charge in [0.1, 0.15) is 16.5 Å². The lowest BCUT2D eigenvalue weighted by molar-refractivity contribution is -0.153. The van der Waals surface area contributed by atoms with Crippen LogP contribution in [0.5, 0.6) is 11.5 Å². The number of pyridine rings is 2. The monoisotopic (exact) mass is 790 g/mol. The second-order valence-corrected chi connectivity index (χ2v) is 13.6. The first-order valence-electron chi connectivity index (χ1n) is 17.0. The van der Waals surface area contributed by atoms with Crippen molar-refractivity contribution >= 4 is 34.8 Å². The van der Waals surface area contributed by atoms with E-state index in [9.17, 15) is 22.8 Å². The molecule has 10 nitrogen and oxygen atoms in total. The van der Waals surface area contributed by atoms with Crippen LogP contribution in [0.15, 0.2) is 108 Å². The number of H-pyrrole nitrogens is 1. The van der Waals surface area contributed by atoms with Crippen molar-refractivity contribution in [1.29, 1.82) is 0 Å². The minimum atomic E-state index is -4.41. The van der Waals surface area contributed by atoms with E-state index in [-0.39, 0.29) is 30.0 Å². The Balaban J connectivity index is 0.000000212. The van der Waals surface area contributed by atoms with Crippen molar-refractivity contribution in [1.82, 2.24) is 30.8 Å². The van der Waals surface area contributed by atoms with Crippen molar-refractivity contribution in [3.8, 4) is 33.9 Å². The van der Waals surface area contributed by atoms with E-state index in [0.717, 1.165) is 27.9 Å². The summed E-state index contributed by atoms with van der Waals surface area (Å²) < 4.78 is 46.3. The zero-order chi connectivity index (χ0) is 39.4. The van der Waals surface area contributed by atoms with Gasteiger partial charge in [-0.1, -0.05) is 60.1 Å². The first-order valence-corrected chi connectivity index (χ1v) is 18.3. The number of carbonyl (C=O) groups excluding carboxylic acids is 2. The molecule has 0 unspecified atom stereocenters. The normalized spacial score (nSPS) is 12.1. The van der Waals surface area contributed by atoms with Gasteiger partial charge in [-0.15, -0.1) is 0 Å². The van der Waals surface area contributed by atoms with Gasteiger partial charge in [-0.05, 0) is 76.7 Å². The van der Waals surface area contributed by atoms with Gasteiger partial charge in [0, 0.05) is 18.5 Å². The molecule has 2 amide bonds. The Morgan fingerprint density at radius 1 is 0.818 bits per heavy atom. The fourth-order valence-electron chi connectivity index (χ4n) is 5.29. The highest BCUT2D eigenvalue weighted by Gasteiger charge is 2.28. The molecule has 6 aromatic rings. The summed E-state index contributed by atoms with van der Waals surface area (Å²) in [6, 6.07) is 23.6. The zero-order valence-electron chi connectivity index (χ0n) is 30.1. The summed E-state index contributed by atoms with van der Waals surface area (Å²) in [5.74, 6) is 0.311. The Labute approximate surface area is 325 Å². The summed E-state index contributed by atoms with van der Waals surface area (Å²) in [6.07, 6.45) is 0.510. The number of rotatable bonds is 13. The molecule has 0 spiro atoms. The second kappa shape index (κ2) is 19.0. The number of halogens is 4. The minimum Gasteiger partial charge on any atom is -0.495 e. The van der Waals surface area contributed by atoms with Crippen LogP contribution in [0.25, 0.3) is 22.4 Å². The zero-order valence-corrected chi connectivity index (χ0v) is 31.6. The molecule has 2 atom stereocenters. The number of alkyl halides is 3. The summed E-state index contributed by atoms with van der Waals surface area (Å²) in [7, 11) is 1.55. The molecule has 0 bridgehead atoms. The van der Waals surface area contributed by atoms with Crippen molar-refractivity contribution in [3.05, 3.63) is 136 Å². The number of aromatic nitrogens is 4. The number of nitrogens with one attached hydrogen (secondary N) is 3. The van der Waals surface area contributed by atoms with Crippen molar-refractivity contribution < 1.29 is 32.2 Å². The third kappa shape index (κ3) is 12.4. The minimum absolute atomic E-state index is 0.0157. The maximum absolute atomic E-state index is 12.3. The van der Waals surface area contributed by atoms with Gasteiger partial charge >= 0.3 is 6.18 Å². The van der Waals surface area contributed by atoms with Crippen LogP contribution in [0.1, 0.15) is 48.4 Å². The number of thiophene rings is 1. The SMILES string of the molecule is COc1cc([C@@H](C)NC(=O)Cc2ccc(-c3ccsc3)cc2)ncc1Cl.C[C@@H](NC(=O)Cc1ccc(-c2ccn[nH]2)cc1)c1ccc(OCC(F)(F)F)cn1. The Morgan fingerprint density at radius 3 is 1.96 bits per heavy atom. The molecular weight excluding hydrogens is 753 g/mol. The van der Waals surface area contributed by atoms with Crippen molar-refractivity contribution in [2.45, 2.75) is 44.9 Å². The van der Waals surface area contributed by atoms with Gasteiger partial charge in [0.15, 0.2) is 6.61 Å². The van der Waals surface area contributed by atoms with Crippen LogP contribution in [0.2, 0.25) is 5.02 Å². The van der Waals surface area contributed by atoms with Gasteiger partial charge in [-0.3, -0.25) is 24.7 Å². The average molecular weight is 791 g/mol. The fourth-order valence-corrected chi connectivity index (χ4v) is 6.14. The van der Waals surface area contributed by atoms with Gasteiger partial charge < -0.3 is 20.1 Å². The molecule has 0 aliphatic heterocycles. The molecule has 3 N–H and O–H groups in total. The third-order valence-corrected chi connectivity index (χ3v) is 9.14. The van der Waals surface area contributed by atoms with E-state index in [0.29, 0.717) is 28.6 Å². The number of nitrogens with zero attached hydrogens (tertiary/aromatic N) is 3. The van der Waals surface area contributed by atoms with Gasteiger partial charge in [0.05, 0.1) is 55.3 Å². The highest BCUT2D eigenvalue weighted by atomic mass is 35.5. The van der Waals surface area contributed by atoms with Crippen LogP contribution in [0.4, 0.5) is 13.2 Å². The van der Waals surface area contributed by atoms with E-state index in [1.807, 2.05) is 61.5 Å². The summed E-state index contributed by atoms with van der Waals surface area (Å²) in [5.41, 5.74) is 7.25. The Morgan fingerprint density at radius 2 is 1.44 bits per heavy atom. The predicted molar refractivity (Wildman–Crippen MR) is 206 cm³/mol. The molecule has 6 rings (SSSR count). The average Bonchev–Trinajstić information content (AvgIpc) is 3.91. The number of benzene rings is 2. The summed E-state index contributed by atoms with van der Waals surface area (Å²) in [6.45, 7) is 2.25. The Kier molecular flexibility index (Phi) is 14.0. The smallest absolute Gasteiger partial charge is 0.422 e. The molecule has 0 aliphatic rings. The van der Waals surface area contributed by atoms with Crippen LogP contribution in [-0.2, 0) is 22.4 Å². The summed E-state index contributed by atoms with van der Waals surface area (Å²) in [4.78, 5) is 32.9. The molecule has 4 aromatic heterocycles. The van der Waals surface area contributed by atoms with Gasteiger partial charge in [-0.2, -0.15) is 29.6 Å². The number of hydrogen-bond acceptors (Lipinski definition) is 8. The number of amides is 2. The summed E-state index contributed by atoms with van der Waals surface area (Å²) >= 11 is 7.66. The molecule has 0 radical (unpaired) electrons. The van der Waals surface area contributed by atoms with E-state index in [1.54, 1.807) is 37.6 Å². The van der Waals surface area contributed by atoms with Crippen LogP contribution in [-0.4, -0.2) is 51.9 Å². The maximum Gasteiger partial charge on any atom is 0.422 e. The van der Waals surface area contributed by atoms with Crippen LogP contribution in [0, 0.1) is 0 Å². The predicted octanol–water partition coefficient (Wildman–Crippen LogP) is 8.72. The number of hydrogen-bond donors (Lipinski definition) is 3. The van der Waals surface area contributed by atoms with E-state index in [4.69, 9.17) is 16.3 Å².